The maximum absolute atomic E-state index is 5.32. The topological polar surface area (TPSA) is 9.23 Å². The molecule has 0 bridgehead atoms. The fourth-order valence-corrected chi connectivity index (χ4v) is 2.31. The van der Waals surface area contributed by atoms with E-state index in [1.807, 2.05) is 27.7 Å². The smallest absolute Gasteiger partial charge is 0.133 e. The largest absolute Gasteiger partial charge is 0.496 e. The van der Waals surface area contributed by atoms with Crippen LogP contribution in [0.4, 0.5) is 0 Å². The van der Waals surface area contributed by atoms with E-state index in [9.17, 15) is 0 Å². The molecule has 0 aliphatic carbocycles. The Balaban J connectivity index is 0. The second kappa shape index (κ2) is 12.5. The number of hydrogen-bond acceptors (Lipinski definition) is 1. The van der Waals surface area contributed by atoms with Crippen LogP contribution in [-0.2, 0) is 6.42 Å². The van der Waals surface area contributed by atoms with E-state index in [0.29, 0.717) is 5.92 Å². The summed E-state index contributed by atoms with van der Waals surface area (Å²) in [6, 6.07) is 4.34. The zero-order valence-electron chi connectivity index (χ0n) is 13.9. The normalized spacial score (nSPS) is 9.16. The van der Waals surface area contributed by atoms with Gasteiger partial charge in [0.15, 0.2) is 0 Å². The summed E-state index contributed by atoms with van der Waals surface area (Å²) in [6.45, 7) is 14.7. The summed E-state index contributed by atoms with van der Waals surface area (Å²) >= 11 is 3.54. The first-order chi connectivity index (χ1) is 9.10. The molecule has 0 saturated heterocycles. The number of halogens is 1. The van der Waals surface area contributed by atoms with Crippen LogP contribution in [0.1, 0.15) is 71.9 Å². The molecule has 0 atom stereocenters. The van der Waals surface area contributed by atoms with Gasteiger partial charge in [-0.05, 0) is 51.5 Å². The molecule has 1 rings (SSSR count). The first kappa shape index (κ1) is 20.8. The van der Waals surface area contributed by atoms with Crippen LogP contribution in [0, 0.1) is 0 Å². The Labute approximate surface area is 128 Å². The summed E-state index contributed by atoms with van der Waals surface area (Å²) in [5, 5.41) is 0. The van der Waals surface area contributed by atoms with E-state index in [0.717, 1.165) is 16.6 Å². The lowest BCUT2D eigenvalue weighted by Crippen LogP contribution is -1.98. The van der Waals surface area contributed by atoms with E-state index in [1.165, 1.54) is 17.5 Å². The molecular weight excluding hydrogens is 300 g/mol. The Kier molecular flexibility index (Phi) is 13.7. The number of benzene rings is 1. The van der Waals surface area contributed by atoms with Gasteiger partial charge in [0, 0.05) is 0 Å². The van der Waals surface area contributed by atoms with E-state index in [4.69, 9.17) is 4.74 Å². The molecule has 0 N–H and O–H groups in total. The third-order valence-electron chi connectivity index (χ3n) is 2.55. The minimum Gasteiger partial charge on any atom is -0.496 e. The lowest BCUT2D eigenvalue weighted by molar-refractivity contribution is 0.411. The molecule has 1 aromatic carbocycles. The predicted octanol–water partition coefficient (Wildman–Crippen LogP) is 6.59. The second-order valence-electron chi connectivity index (χ2n) is 4.09. The third kappa shape index (κ3) is 7.00. The number of methoxy groups -OCH3 is 1. The molecule has 0 aliphatic heterocycles. The molecule has 0 saturated carbocycles. The van der Waals surface area contributed by atoms with Crippen LogP contribution in [0.3, 0.4) is 0 Å². The fourth-order valence-electron chi connectivity index (χ4n) is 1.79. The zero-order chi connectivity index (χ0) is 15.4. The van der Waals surface area contributed by atoms with Crippen molar-refractivity contribution >= 4 is 15.9 Å². The summed E-state index contributed by atoms with van der Waals surface area (Å²) in [6.07, 6.45) is 2.29. The Morgan fingerprint density at radius 2 is 1.63 bits per heavy atom. The van der Waals surface area contributed by atoms with Gasteiger partial charge in [0.1, 0.15) is 5.75 Å². The molecular formula is C17H31BrO. The highest BCUT2D eigenvalue weighted by Crippen LogP contribution is 2.32. The second-order valence-corrected chi connectivity index (χ2v) is 4.94. The van der Waals surface area contributed by atoms with Gasteiger partial charge in [-0.2, -0.15) is 0 Å². The molecule has 0 radical (unpaired) electrons. The first-order valence-corrected chi connectivity index (χ1v) is 8.25. The molecule has 112 valence electrons. The van der Waals surface area contributed by atoms with Crippen molar-refractivity contribution in [3.05, 3.63) is 27.7 Å². The standard InChI is InChI=1S/C13H19BrO.2C2H6/c1-5-6-10-7-13(15-4)12(14)8-11(10)9(2)3;2*1-2/h7-9H,5-6H2,1-4H3;2*1-2H3. The van der Waals surface area contributed by atoms with Gasteiger partial charge in [0.2, 0.25) is 0 Å². The van der Waals surface area contributed by atoms with Gasteiger partial charge in [0.05, 0.1) is 11.6 Å². The molecule has 1 nitrogen and oxygen atoms in total. The van der Waals surface area contributed by atoms with E-state index < -0.39 is 0 Å². The molecule has 0 unspecified atom stereocenters. The minimum atomic E-state index is 0.564. The van der Waals surface area contributed by atoms with Crippen LogP contribution >= 0.6 is 15.9 Å². The van der Waals surface area contributed by atoms with Gasteiger partial charge in [-0.1, -0.05) is 54.9 Å². The van der Waals surface area contributed by atoms with Crippen molar-refractivity contribution in [3.63, 3.8) is 0 Å². The Morgan fingerprint density at radius 3 is 2.00 bits per heavy atom. The maximum atomic E-state index is 5.32. The highest BCUT2D eigenvalue weighted by Gasteiger charge is 2.10. The molecule has 0 amide bonds. The predicted molar refractivity (Wildman–Crippen MR) is 91.5 cm³/mol. The van der Waals surface area contributed by atoms with Crippen molar-refractivity contribution in [2.45, 2.75) is 67.2 Å². The molecule has 0 aromatic heterocycles. The van der Waals surface area contributed by atoms with Crippen molar-refractivity contribution in [3.8, 4) is 5.75 Å². The Hall–Kier alpha value is -0.500. The van der Waals surface area contributed by atoms with Gasteiger partial charge in [-0.3, -0.25) is 0 Å². The maximum Gasteiger partial charge on any atom is 0.133 e. The number of aryl methyl sites for hydroxylation is 1. The van der Waals surface area contributed by atoms with Crippen molar-refractivity contribution in [1.82, 2.24) is 0 Å². The van der Waals surface area contributed by atoms with E-state index in [-0.39, 0.29) is 0 Å². The minimum absolute atomic E-state index is 0.564. The van der Waals surface area contributed by atoms with Crippen LogP contribution in [0.25, 0.3) is 0 Å². The summed E-state index contributed by atoms with van der Waals surface area (Å²) in [5.74, 6) is 1.50. The summed E-state index contributed by atoms with van der Waals surface area (Å²) < 4.78 is 6.37. The third-order valence-corrected chi connectivity index (χ3v) is 3.17. The quantitative estimate of drug-likeness (QED) is 0.605. The highest BCUT2D eigenvalue weighted by atomic mass is 79.9. The molecule has 2 heteroatoms. The monoisotopic (exact) mass is 330 g/mol. The molecule has 0 heterocycles. The van der Waals surface area contributed by atoms with Crippen LogP contribution in [0.2, 0.25) is 0 Å². The van der Waals surface area contributed by atoms with E-state index >= 15 is 0 Å². The van der Waals surface area contributed by atoms with Crippen molar-refractivity contribution < 1.29 is 4.74 Å². The van der Waals surface area contributed by atoms with Crippen molar-refractivity contribution in [1.29, 1.82) is 0 Å². The van der Waals surface area contributed by atoms with Crippen molar-refractivity contribution in [2.24, 2.45) is 0 Å². The lowest BCUT2D eigenvalue weighted by atomic mass is 9.94. The van der Waals surface area contributed by atoms with Gasteiger partial charge in [-0.25, -0.2) is 0 Å². The highest BCUT2D eigenvalue weighted by molar-refractivity contribution is 9.10. The SMILES string of the molecule is CC.CC.CCCc1cc(OC)c(Br)cc1C(C)C. The Morgan fingerprint density at radius 1 is 1.11 bits per heavy atom. The summed E-state index contributed by atoms with van der Waals surface area (Å²) in [7, 11) is 1.71. The van der Waals surface area contributed by atoms with E-state index in [2.05, 4.69) is 48.8 Å². The Bertz CT molecular complexity index is 332. The van der Waals surface area contributed by atoms with Gasteiger partial charge < -0.3 is 4.74 Å². The zero-order valence-corrected chi connectivity index (χ0v) is 15.5. The van der Waals surface area contributed by atoms with Crippen LogP contribution in [0.15, 0.2) is 16.6 Å². The van der Waals surface area contributed by atoms with Crippen molar-refractivity contribution in [2.75, 3.05) is 7.11 Å². The molecule has 0 spiro atoms. The number of rotatable bonds is 4. The van der Waals surface area contributed by atoms with Crippen LogP contribution in [0.5, 0.6) is 5.75 Å². The van der Waals surface area contributed by atoms with Crippen LogP contribution < -0.4 is 4.74 Å². The van der Waals surface area contributed by atoms with E-state index in [1.54, 1.807) is 7.11 Å². The lowest BCUT2D eigenvalue weighted by Gasteiger charge is -2.15. The molecule has 0 fully saturated rings. The average molecular weight is 331 g/mol. The summed E-state index contributed by atoms with van der Waals surface area (Å²) in [5.41, 5.74) is 2.83. The summed E-state index contributed by atoms with van der Waals surface area (Å²) in [4.78, 5) is 0. The first-order valence-electron chi connectivity index (χ1n) is 7.46. The van der Waals surface area contributed by atoms with Gasteiger partial charge in [-0.15, -0.1) is 0 Å². The average Bonchev–Trinajstić information content (AvgIpc) is 2.44. The molecule has 0 aliphatic rings. The molecule has 19 heavy (non-hydrogen) atoms. The fraction of sp³-hybridized carbons (Fsp3) is 0.647. The van der Waals surface area contributed by atoms with Crippen LogP contribution in [-0.4, -0.2) is 7.11 Å². The van der Waals surface area contributed by atoms with Gasteiger partial charge in [0.25, 0.3) is 0 Å². The van der Waals surface area contributed by atoms with Gasteiger partial charge >= 0.3 is 0 Å². The molecule has 1 aromatic rings. The number of ether oxygens (including phenoxy) is 1. The number of hydrogen-bond donors (Lipinski definition) is 0.